The van der Waals surface area contributed by atoms with Crippen LogP contribution in [0, 0.1) is 0 Å². The van der Waals surface area contributed by atoms with Crippen molar-refractivity contribution in [2.45, 2.75) is 71.2 Å². The largest absolute Gasteiger partial charge is 0.444 e. The molecule has 1 aliphatic rings. The van der Waals surface area contributed by atoms with E-state index in [1.54, 1.807) is 44.1 Å². The summed E-state index contributed by atoms with van der Waals surface area (Å²) in [5.41, 5.74) is 0.514. The summed E-state index contributed by atoms with van der Waals surface area (Å²) in [5, 5.41) is 7.63. The Labute approximate surface area is 174 Å². The summed E-state index contributed by atoms with van der Waals surface area (Å²) in [6, 6.07) is -0.828. The maximum absolute atomic E-state index is 13.1. The quantitative estimate of drug-likeness (QED) is 0.768. The lowest BCUT2D eigenvalue weighted by molar-refractivity contribution is -0.133. The maximum Gasteiger partial charge on any atom is 0.408 e. The Kier molecular flexibility index (Phi) is 6.51. The number of ether oxygens (including phenoxy) is 1. The van der Waals surface area contributed by atoms with Crippen molar-refractivity contribution in [3.8, 4) is 0 Å². The van der Waals surface area contributed by atoms with Crippen molar-refractivity contribution in [1.82, 2.24) is 30.0 Å². The van der Waals surface area contributed by atoms with E-state index in [1.165, 1.54) is 40.7 Å². The van der Waals surface area contributed by atoms with E-state index in [1.807, 2.05) is 0 Å². The predicted molar refractivity (Wildman–Crippen MR) is 108 cm³/mol. The number of fused-ring (bicyclic) bond motifs is 1. The third-order valence-corrected chi connectivity index (χ3v) is 5.61. The molecule has 0 fully saturated rings. The molecule has 29 heavy (non-hydrogen) atoms. The smallest absolute Gasteiger partial charge is 0.408 e. The lowest BCUT2D eigenvalue weighted by Crippen LogP contribution is -2.50. The molecule has 2 aromatic rings. The molecule has 0 saturated carbocycles. The van der Waals surface area contributed by atoms with Crippen LogP contribution in [0.4, 0.5) is 4.79 Å². The zero-order valence-corrected chi connectivity index (χ0v) is 18.2. The van der Waals surface area contributed by atoms with Crippen LogP contribution < -0.4 is 5.32 Å². The number of hydrogen-bond donors (Lipinski definition) is 1. The van der Waals surface area contributed by atoms with Gasteiger partial charge in [-0.2, -0.15) is 5.10 Å². The standard InChI is InChI=1S/C19H28N6O3S/c1-19(2,3)28-18(27)23-14(9-25-12-20-11-21-25)17(26)24(4)10-16-22-13-7-5-6-8-15(13)29-16/h11-12,14H,5-10H2,1-4H3,(H,23,27). The number of likely N-dealkylation sites (N-methyl/N-ethyl adjacent to an activating group) is 1. The highest BCUT2D eigenvalue weighted by atomic mass is 32.1. The monoisotopic (exact) mass is 420 g/mol. The number of thiazole rings is 1. The second kappa shape index (κ2) is 8.89. The number of rotatable bonds is 6. The van der Waals surface area contributed by atoms with Gasteiger partial charge in [-0.15, -0.1) is 11.3 Å². The summed E-state index contributed by atoms with van der Waals surface area (Å²) in [6.07, 6.45) is 6.70. The highest BCUT2D eigenvalue weighted by Gasteiger charge is 2.28. The Morgan fingerprint density at radius 3 is 2.76 bits per heavy atom. The van der Waals surface area contributed by atoms with Gasteiger partial charge in [0.2, 0.25) is 5.91 Å². The van der Waals surface area contributed by atoms with Crippen LogP contribution >= 0.6 is 11.3 Å². The van der Waals surface area contributed by atoms with Gasteiger partial charge in [-0.25, -0.2) is 14.8 Å². The molecule has 1 aliphatic carbocycles. The van der Waals surface area contributed by atoms with Crippen LogP contribution in [0.15, 0.2) is 12.7 Å². The number of nitrogens with one attached hydrogen (secondary N) is 1. The molecule has 2 amide bonds. The van der Waals surface area contributed by atoms with Crippen LogP contribution in [0.25, 0.3) is 0 Å². The van der Waals surface area contributed by atoms with Gasteiger partial charge in [0.15, 0.2) is 0 Å². The third kappa shape index (κ3) is 5.99. The number of carbonyl (C=O) groups is 2. The van der Waals surface area contributed by atoms with Crippen molar-refractivity contribution in [3.63, 3.8) is 0 Å². The third-order valence-electron chi connectivity index (χ3n) is 4.46. The summed E-state index contributed by atoms with van der Waals surface area (Å²) in [6.45, 7) is 5.89. The van der Waals surface area contributed by atoms with Gasteiger partial charge in [-0.1, -0.05) is 0 Å². The first-order chi connectivity index (χ1) is 13.7. The van der Waals surface area contributed by atoms with Gasteiger partial charge in [-0.3, -0.25) is 9.48 Å². The Balaban J connectivity index is 1.68. The minimum absolute atomic E-state index is 0.163. The highest BCUT2D eigenvalue weighted by molar-refractivity contribution is 7.11. The van der Waals surface area contributed by atoms with Crippen LogP contribution in [-0.2, 0) is 35.5 Å². The number of aromatic nitrogens is 4. The molecule has 2 aromatic heterocycles. The highest BCUT2D eigenvalue weighted by Crippen LogP contribution is 2.27. The average Bonchev–Trinajstić information content (AvgIpc) is 3.27. The van der Waals surface area contributed by atoms with Gasteiger partial charge in [0.1, 0.15) is 29.3 Å². The van der Waals surface area contributed by atoms with Gasteiger partial charge in [0.05, 0.1) is 18.8 Å². The summed E-state index contributed by atoms with van der Waals surface area (Å²) >= 11 is 1.68. The molecular formula is C19H28N6O3S. The van der Waals surface area contributed by atoms with Gasteiger partial charge in [0.25, 0.3) is 0 Å². The molecule has 3 rings (SSSR count). The molecule has 0 bridgehead atoms. The lowest BCUT2D eigenvalue weighted by Gasteiger charge is -2.26. The molecule has 2 heterocycles. The first-order valence-corrected chi connectivity index (χ1v) is 10.6. The minimum Gasteiger partial charge on any atom is -0.444 e. The molecule has 0 aromatic carbocycles. The number of aryl methyl sites for hydroxylation is 2. The van der Waals surface area contributed by atoms with Crippen LogP contribution in [0.3, 0.4) is 0 Å². The number of alkyl carbamates (subject to hydrolysis) is 1. The predicted octanol–water partition coefficient (Wildman–Crippen LogP) is 2.17. The molecular weight excluding hydrogens is 392 g/mol. The Hall–Kier alpha value is -2.49. The summed E-state index contributed by atoms with van der Waals surface area (Å²) in [7, 11) is 1.72. The fourth-order valence-electron chi connectivity index (χ4n) is 3.17. The van der Waals surface area contributed by atoms with E-state index < -0.39 is 17.7 Å². The van der Waals surface area contributed by atoms with E-state index in [0.29, 0.717) is 6.54 Å². The first kappa shape index (κ1) is 21.2. The molecule has 0 spiro atoms. The first-order valence-electron chi connectivity index (χ1n) is 9.75. The van der Waals surface area contributed by atoms with Gasteiger partial charge in [-0.05, 0) is 46.5 Å². The number of carbonyl (C=O) groups excluding carboxylic acids is 2. The SMILES string of the molecule is CN(Cc1nc2c(s1)CCCC2)C(=O)C(Cn1cncn1)NC(=O)OC(C)(C)C. The molecule has 10 heteroatoms. The van der Waals surface area contributed by atoms with Crippen LogP contribution in [0.5, 0.6) is 0 Å². The molecule has 1 unspecified atom stereocenters. The average molecular weight is 421 g/mol. The fraction of sp³-hybridized carbons (Fsp3) is 0.632. The van der Waals surface area contributed by atoms with Gasteiger partial charge >= 0.3 is 6.09 Å². The topological polar surface area (TPSA) is 102 Å². The Bertz CT molecular complexity index is 819. The van der Waals surface area contributed by atoms with Crippen LogP contribution in [0.2, 0.25) is 0 Å². The van der Waals surface area contributed by atoms with Crippen molar-refractivity contribution in [3.05, 3.63) is 28.2 Å². The van der Waals surface area contributed by atoms with Crippen molar-refractivity contribution in [1.29, 1.82) is 0 Å². The second-order valence-electron chi connectivity index (χ2n) is 8.20. The molecule has 9 nitrogen and oxygen atoms in total. The minimum atomic E-state index is -0.828. The Morgan fingerprint density at radius 2 is 2.10 bits per heavy atom. The van der Waals surface area contributed by atoms with E-state index >= 15 is 0 Å². The fourth-order valence-corrected chi connectivity index (χ4v) is 4.38. The van der Waals surface area contributed by atoms with E-state index in [0.717, 1.165) is 17.8 Å². The zero-order valence-electron chi connectivity index (χ0n) is 17.3. The number of nitrogens with zero attached hydrogens (tertiary/aromatic N) is 5. The molecule has 0 aliphatic heterocycles. The molecule has 158 valence electrons. The van der Waals surface area contributed by atoms with Gasteiger partial charge < -0.3 is 15.0 Å². The van der Waals surface area contributed by atoms with Crippen molar-refractivity contribution >= 4 is 23.3 Å². The van der Waals surface area contributed by atoms with E-state index in [9.17, 15) is 9.59 Å². The Morgan fingerprint density at radius 1 is 1.34 bits per heavy atom. The molecule has 0 saturated heterocycles. The molecule has 0 radical (unpaired) electrons. The van der Waals surface area contributed by atoms with Crippen molar-refractivity contribution in [2.75, 3.05) is 7.05 Å². The summed E-state index contributed by atoms with van der Waals surface area (Å²) < 4.78 is 6.82. The van der Waals surface area contributed by atoms with E-state index in [-0.39, 0.29) is 12.5 Å². The van der Waals surface area contributed by atoms with Crippen molar-refractivity contribution in [2.24, 2.45) is 0 Å². The van der Waals surface area contributed by atoms with Crippen LogP contribution in [0.1, 0.15) is 49.2 Å². The molecule has 1 atom stereocenters. The van der Waals surface area contributed by atoms with Crippen LogP contribution in [-0.4, -0.2) is 55.3 Å². The zero-order chi connectivity index (χ0) is 21.0. The van der Waals surface area contributed by atoms with E-state index in [4.69, 9.17) is 9.72 Å². The summed E-state index contributed by atoms with van der Waals surface area (Å²) in [5.74, 6) is -0.237. The second-order valence-corrected chi connectivity index (χ2v) is 9.36. The number of hydrogen-bond acceptors (Lipinski definition) is 7. The van der Waals surface area contributed by atoms with E-state index in [2.05, 4.69) is 15.4 Å². The van der Waals surface area contributed by atoms with Gasteiger partial charge in [0, 0.05) is 11.9 Å². The van der Waals surface area contributed by atoms with Crippen molar-refractivity contribution < 1.29 is 14.3 Å². The molecule has 1 N–H and O–H groups in total. The maximum atomic E-state index is 13.1. The number of amides is 2. The normalized spacial score (nSPS) is 14.8. The lowest BCUT2D eigenvalue weighted by atomic mass is 10.0. The summed E-state index contributed by atoms with van der Waals surface area (Å²) in [4.78, 5) is 36.9.